The highest BCUT2D eigenvalue weighted by atomic mass is 16.5. The maximum Gasteiger partial charge on any atom is 0.339 e. The number of amides is 1. The second-order valence-electron chi connectivity index (χ2n) is 6.26. The van der Waals surface area contributed by atoms with Gasteiger partial charge in [0, 0.05) is 6.54 Å². The van der Waals surface area contributed by atoms with E-state index in [2.05, 4.69) is 15.6 Å². The molecule has 1 amide bonds. The van der Waals surface area contributed by atoms with Gasteiger partial charge >= 0.3 is 5.97 Å². The minimum absolute atomic E-state index is 0.248. The maximum atomic E-state index is 12.3. The van der Waals surface area contributed by atoms with Crippen molar-refractivity contribution in [3.05, 3.63) is 89.2 Å². The number of pyridine rings is 1. The molecule has 142 valence electrons. The molecular formula is C22H21N3O3. The number of rotatable bonds is 6. The number of hydrogen-bond acceptors (Lipinski definition) is 5. The van der Waals surface area contributed by atoms with Crippen LogP contribution in [0.5, 0.6) is 0 Å². The van der Waals surface area contributed by atoms with Crippen molar-refractivity contribution in [2.75, 3.05) is 12.4 Å². The van der Waals surface area contributed by atoms with Gasteiger partial charge in [0.25, 0.3) is 5.91 Å². The van der Waals surface area contributed by atoms with Crippen molar-refractivity contribution in [3.8, 4) is 0 Å². The first kappa shape index (κ1) is 19.1. The number of aryl methyl sites for hydroxylation is 1. The van der Waals surface area contributed by atoms with Gasteiger partial charge in [0.2, 0.25) is 0 Å². The van der Waals surface area contributed by atoms with Crippen LogP contribution in [0.15, 0.2) is 66.9 Å². The summed E-state index contributed by atoms with van der Waals surface area (Å²) in [5, 5.41) is 5.97. The third kappa shape index (κ3) is 4.73. The van der Waals surface area contributed by atoms with Crippen molar-refractivity contribution in [1.82, 2.24) is 10.3 Å². The number of aromatic nitrogens is 1. The molecule has 6 heteroatoms. The Labute approximate surface area is 163 Å². The Morgan fingerprint density at radius 1 is 1.00 bits per heavy atom. The Kier molecular flexibility index (Phi) is 6.01. The van der Waals surface area contributed by atoms with Gasteiger partial charge in [0.15, 0.2) is 0 Å². The number of nitrogens with zero attached hydrogens (tertiary/aromatic N) is 1. The summed E-state index contributed by atoms with van der Waals surface area (Å²) < 4.78 is 4.79. The molecule has 6 nitrogen and oxygen atoms in total. The molecule has 1 heterocycles. The van der Waals surface area contributed by atoms with Gasteiger partial charge in [0.1, 0.15) is 5.69 Å². The summed E-state index contributed by atoms with van der Waals surface area (Å²) in [5.41, 5.74) is 4.20. The van der Waals surface area contributed by atoms with Crippen molar-refractivity contribution in [1.29, 1.82) is 0 Å². The first-order chi connectivity index (χ1) is 13.6. The first-order valence-corrected chi connectivity index (χ1v) is 8.81. The molecule has 0 aliphatic rings. The van der Waals surface area contributed by atoms with Crippen LogP contribution in [-0.2, 0) is 11.3 Å². The average molecular weight is 375 g/mol. The number of methoxy groups -OCH3 is 1. The summed E-state index contributed by atoms with van der Waals surface area (Å²) in [4.78, 5) is 28.3. The Morgan fingerprint density at radius 2 is 1.75 bits per heavy atom. The zero-order valence-electron chi connectivity index (χ0n) is 15.7. The van der Waals surface area contributed by atoms with Crippen LogP contribution in [0.3, 0.4) is 0 Å². The standard InChI is InChI=1S/C22H21N3O3/c1-15-7-9-16(10-8-15)13-24-21(26)20-12-11-17(14-23-20)25-19-6-4-3-5-18(19)22(27)28-2/h3-12,14,25H,13H2,1-2H3,(H,24,26). The largest absolute Gasteiger partial charge is 0.465 e. The zero-order valence-corrected chi connectivity index (χ0v) is 15.7. The van der Waals surface area contributed by atoms with E-state index in [1.807, 2.05) is 37.3 Å². The van der Waals surface area contributed by atoms with E-state index in [9.17, 15) is 9.59 Å². The number of benzene rings is 2. The molecule has 2 aromatic carbocycles. The highest BCUT2D eigenvalue weighted by molar-refractivity contribution is 5.96. The summed E-state index contributed by atoms with van der Waals surface area (Å²) in [7, 11) is 1.34. The van der Waals surface area contributed by atoms with Crippen LogP contribution >= 0.6 is 0 Å². The predicted octanol–water partition coefficient (Wildman–Crippen LogP) is 3.85. The lowest BCUT2D eigenvalue weighted by atomic mass is 10.1. The van der Waals surface area contributed by atoms with Gasteiger partial charge in [-0.1, -0.05) is 42.0 Å². The summed E-state index contributed by atoms with van der Waals surface area (Å²) in [5.74, 6) is -0.676. The monoisotopic (exact) mass is 375 g/mol. The van der Waals surface area contributed by atoms with Gasteiger partial charge in [-0.05, 0) is 36.8 Å². The Hall–Kier alpha value is -3.67. The van der Waals surface area contributed by atoms with Crippen molar-refractivity contribution < 1.29 is 14.3 Å². The smallest absolute Gasteiger partial charge is 0.339 e. The number of carbonyl (C=O) groups is 2. The molecule has 28 heavy (non-hydrogen) atoms. The van der Waals surface area contributed by atoms with Crippen LogP contribution < -0.4 is 10.6 Å². The van der Waals surface area contributed by atoms with Gasteiger partial charge in [-0.2, -0.15) is 0 Å². The molecule has 0 saturated heterocycles. The van der Waals surface area contributed by atoms with Gasteiger partial charge in [-0.3, -0.25) is 4.79 Å². The quantitative estimate of drug-likeness (QED) is 0.640. The summed E-state index contributed by atoms with van der Waals surface area (Å²) in [6, 6.07) is 18.4. The molecule has 0 aliphatic heterocycles. The van der Waals surface area contributed by atoms with E-state index in [1.54, 1.807) is 36.5 Å². The SMILES string of the molecule is COC(=O)c1ccccc1Nc1ccc(C(=O)NCc2ccc(C)cc2)nc1. The molecule has 1 aromatic heterocycles. The molecular weight excluding hydrogens is 354 g/mol. The van der Waals surface area contributed by atoms with E-state index in [0.717, 1.165) is 5.56 Å². The maximum absolute atomic E-state index is 12.3. The number of anilines is 2. The van der Waals surface area contributed by atoms with E-state index in [4.69, 9.17) is 4.74 Å². The molecule has 0 unspecified atom stereocenters. The van der Waals surface area contributed by atoms with Crippen LogP contribution in [0.2, 0.25) is 0 Å². The topological polar surface area (TPSA) is 80.3 Å². The van der Waals surface area contributed by atoms with Crippen LogP contribution in [0.25, 0.3) is 0 Å². The minimum atomic E-state index is -0.428. The molecule has 0 fully saturated rings. The number of esters is 1. The molecule has 0 aliphatic carbocycles. The van der Waals surface area contributed by atoms with Gasteiger partial charge in [-0.15, -0.1) is 0 Å². The minimum Gasteiger partial charge on any atom is -0.465 e. The van der Waals surface area contributed by atoms with Crippen LogP contribution in [0.4, 0.5) is 11.4 Å². The fraction of sp³-hybridized carbons (Fsp3) is 0.136. The first-order valence-electron chi connectivity index (χ1n) is 8.81. The van der Waals surface area contributed by atoms with Crippen molar-refractivity contribution in [3.63, 3.8) is 0 Å². The van der Waals surface area contributed by atoms with Crippen LogP contribution in [0, 0.1) is 6.92 Å². The zero-order chi connectivity index (χ0) is 19.9. The Morgan fingerprint density at radius 3 is 2.43 bits per heavy atom. The third-order valence-corrected chi connectivity index (χ3v) is 4.18. The molecule has 0 atom stereocenters. The van der Waals surface area contributed by atoms with Gasteiger partial charge < -0.3 is 15.4 Å². The predicted molar refractivity (Wildman–Crippen MR) is 108 cm³/mol. The van der Waals surface area contributed by atoms with E-state index < -0.39 is 5.97 Å². The molecule has 0 saturated carbocycles. The normalized spacial score (nSPS) is 10.2. The highest BCUT2D eigenvalue weighted by Gasteiger charge is 2.12. The number of hydrogen-bond donors (Lipinski definition) is 2. The summed E-state index contributed by atoms with van der Waals surface area (Å²) in [6.45, 7) is 2.46. The molecule has 0 bridgehead atoms. The highest BCUT2D eigenvalue weighted by Crippen LogP contribution is 2.21. The second-order valence-corrected chi connectivity index (χ2v) is 6.26. The van der Waals surface area contributed by atoms with Crippen molar-refractivity contribution >= 4 is 23.3 Å². The van der Waals surface area contributed by atoms with Crippen LogP contribution in [-0.4, -0.2) is 24.0 Å². The van der Waals surface area contributed by atoms with Gasteiger partial charge in [-0.25, -0.2) is 9.78 Å². The van der Waals surface area contributed by atoms with E-state index in [0.29, 0.717) is 29.2 Å². The van der Waals surface area contributed by atoms with E-state index >= 15 is 0 Å². The van der Waals surface area contributed by atoms with Gasteiger partial charge in [0.05, 0.1) is 30.2 Å². The lowest BCUT2D eigenvalue weighted by molar-refractivity contribution is 0.0601. The Bertz CT molecular complexity index is 967. The summed E-state index contributed by atoms with van der Waals surface area (Å²) >= 11 is 0. The number of carbonyl (C=O) groups excluding carboxylic acids is 2. The molecule has 0 spiro atoms. The number of ether oxygens (including phenoxy) is 1. The molecule has 3 rings (SSSR count). The lowest BCUT2D eigenvalue weighted by Gasteiger charge is -2.11. The molecule has 0 radical (unpaired) electrons. The fourth-order valence-corrected chi connectivity index (χ4v) is 2.62. The lowest BCUT2D eigenvalue weighted by Crippen LogP contribution is -2.23. The van der Waals surface area contributed by atoms with Crippen LogP contribution in [0.1, 0.15) is 32.0 Å². The number of nitrogens with one attached hydrogen (secondary N) is 2. The molecule has 3 aromatic rings. The third-order valence-electron chi connectivity index (χ3n) is 4.18. The molecule has 2 N–H and O–H groups in total. The summed E-state index contributed by atoms with van der Waals surface area (Å²) in [6.07, 6.45) is 1.55. The Balaban J connectivity index is 1.64. The van der Waals surface area contributed by atoms with Crippen molar-refractivity contribution in [2.45, 2.75) is 13.5 Å². The second kappa shape index (κ2) is 8.81. The van der Waals surface area contributed by atoms with Crippen molar-refractivity contribution in [2.24, 2.45) is 0 Å². The average Bonchev–Trinajstić information content (AvgIpc) is 2.73. The van der Waals surface area contributed by atoms with E-state index in [-0.39, 0.29) is 5.91 Å². The number of para-hydroxylation sites is 1. The van der Waals surface area contributed by atoms with E-state index in [1.165, 1.54) is 12.7 Å². The fourth-order valence-electron chi connectivity index (χ4n) is 2.62.